The third-order valence-electron chi connectivity index (χ3n) is 5.08. The van der Waals surface area contributed by atoms with E-state index in [0.717, 1.165) is 48.8 Å². The van der Waals surface area contributed by atoms with Crippen LogP contribution in [0.1, 0.15) is 35.3 Å². The number of imidazole rings is 1. The minimum Gasteiger partial charge on any atom is -0.463 e. The molecule has 1 aliphatic rings. The molecule has 1 aliphatic heterocycles. The van der Waals surface area contributed by atoms with Gasteiger partial charge in [0.15, 0.2) is 5.76 Å². The third kappa shape index (κ3) is 2.91. The Morgan fingerprint density at radius 1 is 1.10 bits per heavy atom. The molecule has 0 bridgehead atoms. The number of terminal acetylenes is 1. The van der Waals surface area contributed by atoms with E-state index < -0.39 is 0 Å². The summed E-state index contributed by atoms with van der Waals surface area (Å²) in [6.07, 6.45) is 9.21. The lowest BCUT2D eigenvalue weighted by atomic mass is 9.98. The smallest absolute Gasteiger partial charge is 0.154 e. The number of nitrogens with zero attached hydrogens (tertiary/aromatic N) is 3. The van der Waals surface area contributed by atoms with Crippen molar-refractivity contribution in [2.24, 2.45) is 4.99 Å². The Hall–Kier alpha value is -3.11. The van der Waals surface area contributed by atoms with Crippen molar-refractivity contribution < 1.29 is 4.42 Å². The highest BCUT2D eigenvalue weighted by molar-refractivity contribution is 14.1. The molecule has 5 rings (SSSR count). The minimum absolute atomic E-state index is 0.120. The van der Waals surface area contributed by atoms with E-state index in [2.05, 4.69) is 57.1 Å². The molecule has 2 aromatic heterocycles. The van der Waals surface area contributed by atoms with E-state index in [1.165, 1.54) is 0 Å². The summed E-state index contributed by atoms with van der Waals surface area (Å²) < 4.78 is 8.88. The average molecular weight is 489 g/mol. The van der Waals surface area contributed by atoms with Crippen molar-refractivity contribution in [3.05, 3.63) is 93.1 Å². The van der Waals surface area contributed by atoms with E-state index in [4.69, 9.17) is 15.8 Å². The summed E-state index contributed by atoms with van der Waals surface area (Å²) in [6.45, 7) is 2.09. The van der Waals surface area contributed by atoms with Gasteiger partial charge in [0.2, 0.25) is 0 Å². The van der Waals surface area contributed by atoms with Gasteiger partial charge in [-0.05, 0) is 65.9 Å². The highest BCUT2D eigenvalue weighted by Crippen LogP contribution is 2.37. The van der Waals surface area contributed by atoms with Crippen molar-refractivity contribution in [2.75, 3.05) is 0 Å². The summed E-state index contributed by atoms with van der Waals surface area (Å²) in [7, 11) is 0. The van der Waals surface area contributed by atoms with Crippen molar-refractivity contribution in [3.63, 3.8) is 0 Å². The highest BCUT2D eigenvalue weighted by atomic mass is 127. The van der Waals surface area contributed by atoms with E-state index in [1.807, 2.05) is 48.8 Å². The molecule has 4 nitrogen and oxygen atoms in total. The number of furan rings is 1. The van der Waals surface area contributed by atoms with Gasteiger partial charge in [-0.25, -0.2) is 4.98 Å². The van der Waals surface area contributed by atoms with Crippen LogP contribution >= 0.6 is 22.6 Å². The fourth-order valence-corrected chi connectivity index (χ4v) is 4.41. The molecule has 2 aromatic carbocycles. The van der Waals surface area contributed by atoms with E-state index in [9.17, 15) is 0 Å². The number of rotatable bonds is 2. The normalized spacial score (nSPS) is 15.1. The lowest BCUT2D eigenvalue weighted by Crippen LogP contribution is -2.09. The van der Waals surface area contributed by atoms with Gasteiger partial charge in [0.1, 0.15) is 12.0 Å². The van der Waals surface area contributed by atoms with Crippen molar-refractivity contribution in [2.45, 2.75) is 13.0 Å². The molecule has 1 atom stereocenters. The Morgan fingerprint density at radius 3 is 2.72 bits per heavy atom. The van der Waals surface area contributed by atoms with Crippen LogP contribution in [0.2, 0.25) is 0 Å². The van der Waals surface area contributed by atoms with Crippen molar-refractivity contribution in [1.29, 1.82) is 0 Å². The zero-order chi connectivity index (χ0) is 20.0. The van der Waals surface area contributed by atoms with E-state index in [1.54, 1.807) is 6.26 Å². The largest absolute Gasteiger partial charge is 0.463 e. The van der Waals surface area contributed by atoms with Crippen molar-refractivity contribution >= 4 is 28.3 Å². The first kappa shape index (κ1) is 18.0. The highest BCUT2D eigenvalue weighted by Gasteiger charge is 2.28. The van der Waals surface area contributed by atoms with Gasteiger partial charge in [0.25, 0.3) is 0 Å². The summed E-state index contributed by atoms with van der Waals surface area (Å²) >= 11 is 2.36. The molecular weight excluding hydrogens is 473 g/mol. The average Bonchev–Trinajstić information content (AvgIpc) is 3.39. The van der Waals surface area contributed by atoms with Gasteiger partial charge in [-0.2, -0.15) is 0 Å². The monoisotopic (exact) mass is 489 g/mol. The molecule has 29 heavy (non-hydrogen) atoms. The van der Waals surface area contributed by atoms with Crippen LogP contribution in [0.5, 0.6) is 0 Å². The fraction of sp³-hybridized carbons (Fsp3) is 0.0833. The summed E-state index contributed by atoms with van der Waals surface area (Å²) in [4.78, 5) is 9.80. The molecule has 0 saturated carbocycles. The Balaban J connectivity index is 1.83. The standard InChI is InChI=1S/C24H16IN3O/c1-3-16-10-11-20-18(13-16)22(17-7-4-5-8-19(17)25)27-15(2)24-23(26-14-28(20)24)21-9-6-12-29-21/h1,4-15H,2H3/t15-/m0/s1. The SMILES string of the molecule is C#Cc1ccc2c(c1)C(c1ccccc1I)=N[C@@H](C)c1c(-c3ccco3)ncn1-2. The number of aromatic nitrogens is 2. The molecular formula is C24H16IN3O. The van der Waals surface area contributed by atoms with E-state index in [0.29, 0.717) is 0 Å². The van der Waals surface area contributed by atoms with Gasteiger partial charge in [-0.3, -0.25) is 9.56 Å². The van der Waals surface area contributed by atoms with E-state index >= 15 is 0 Å². The van der Waals surface area contributed by atoms with Gasteiger partial charge in [0, 0.05) is 20.3 Å². The summed E-state index contributed by atoms with van der Waals surface area (Å²) in [5, 5.41) is 0. The molecule has 0 fully saturated rings. The van der Waals surface area contributed by atoms with Gasteiger partial charge in [0.05, 0.1) is 29.4 Å². The predicted octanol–water partition coefficient (Wildman–Crippen LogP) is 5.63. The molecule has 0 aliphatic carbocycles. The van der Waals surface area contributed by atoms with Crippen LogP contribution in [0, 0.1) is 15.9 Å². The van der Waals surface area contributed by atoms with Crippen LogP contribution in [0.25, 0.3) is 17.1 Å². The number of benzene rings is 2. The predicted molar refractivity (Wildman–Crippen MR) is 122 cm³/mol. The van der Waals surface area contributed by atoms with Crippen LogP contribution in [-0.2, 0) is 0 Å². The second-order valence-electron chi connectivity index (χ2n) is 6.84. The number of hydrogen-bond acceptors (Lipinski definition) is 3. The maximum absolute atomic E-state index is 5.70. The van der Waals surface area contributed by atoms with Crippen LogP contribution in [-0.4, -0.2) is 15.3 Å². The first-order chi connectivity index (χ1) is 14.2. The fourth-order valence-electron chi connectivity index (χ4n) is 3.77. The van der Waals surface area contributed by atoms with Crippen LogP contribution in [0.15, 0.2) is 76.6 Å². The maximum atomic E-state index is 5.70. The van der Waals surface area contributed by atoms with Crippen LogP contribution in [0.4, 0.5) is 0 Å². The van der Waals surface area contributed by atoms with Crippen molar-refractivity contribution in [1.82, 2.24) is 9.55 Å². The molecule has 0 N–H and O–H groups in total. The third-order valence-corrected chi connectivity index (χ3v) is 6.03. The summed E-state index contributed by atoms with van der Waals surface area (Å²) in [6, 6.07) is 18.0. The topological polar surface area (TPSA) is 43.3 Å². The molecule has 140 valence electrons. The number of hydrogen-bond donors (Lipinski definition) is 0. The lowest BCUT2D eigenvalue weighted by Gasteiger charge is -2.13. The molecule has 5 heteroatoms. The van der Waals surface area contributed by atoms with Gasteiger partial charge in [-0.15, -0.1) is 6.42 Å². The maximum Gasteiger partial charge on any atom is 0.154 e. The van der Waals surface area contributed by atoms with Crippen molar-refractivity contribution in [3.8, 4) is 29.5 Å². The molecule has 0 saturated heterocycles. The first-order valence-electron chi connectivity index (χ1n) is 9.22. The quantitative estimate of drug-likeness (QED) is 0.271. The Morgan fingerprint density at radius 2 is 1.97 bits per heavy atom. The zero-order valence-electron chi connectivity index (χ0n) is 15.6. The molecule has 0 unspecified atom stereocenters. The lowest BCUT2D eigenvalue weighted by molar-refractivity contribution is 0.578. The molecule has 0 spiro atoms. The Labute approximate surface area is 182 Å². The molecule has 3 heterocycles. The second kappa shape index (κ2) is 7.05. The minimum atomic E-state index is -0.120. The molecule has 0 radical (unpaired) electrons. The van der Waals surface area contributed by atoms with E-state index in [-0.39, 0.29) is 6.04 Å². The van der Waals surface area contributed by atoms with Crippen LogP contribution in [0.3, 0.4) is 0 Å². The van der Waals surface area contributed by atoms with Gasteiger partial charge >= 0.3 is 0 Å². The first-order valence-corrected chi connectivity index (χ1v) is 10.3. The molecule has 0 amide bonds. The number of halogens is 1. The number of aliphatic imine (C=N–C) groups is 1. The van der Waals surface area contributed by atoms with Crippen LogP contribution < -0.4 is 0 Å². The van der Waals surface area contributed by atoms with Gasteiger partial charge in [-0.1, -0.05) is 24.1 Å². The molecule has 4 aromatic rings. The Kier molecular flexibility index (Phi) is 4.36. The van der Waals surface area contributed by atoms with Gasteiger partial charge < -0.3 is 4.42 Å². The number of fused-ring (bicyclic) bond motifs is 3. The summed E-state index contributed by atoms with van der Waals surface area (Å²) in [5.41, 5.74) is 6.66. The summed E-state index contributed by atoms with van der Waals surface area (Å²) in [5.74, 6) is 3.49. The second-order valence-corrected chi connectivity index (χ2v) is 8.00. The Bertz CT molecular complexity index is 1290. The zero-order valence-corrected chi connectivity index (χ0v) is 17.8.